The zero-order valence-corrected chi connectivity index (χ0v) is 15.6. The van der Waals surface area contributed by atoms with Crippen molar-refractivity contribution >= 4 is 11.8 Å². The number of carbonyl (C=O) groups excluding carboxylic acids is 2. The molecule has 1 atom stereocenters. The summed E-state index contributed by atoms with van der Waals surface area (Å²) < 4.78 is 5.82. The first kappa shape index (κ1) is 18.0. The van der Waals surface area contributed by atoms with Gasteiger partial charge in [0.05, 0.1) is 11.0 Å². The Morgan fingerprint density at radius 3 is 2.78 bits per heavy atom. The number of nitrogens with zero attached hydrogens (tertiary/aromatic N) is 1. The van der Waals surface area contributed by atoms with Gasteiger partial charge in [-0.1, -0.05) is 24.3 Å². The van der Waals surface area contributed by atoms with Crippen molar-refractivity contribution in [2.24, 2.45) is 5.41 Å². The molecule has 0 aromatic heterocycles. The second-order valence-electron chi connectivity index (χ2n) is 7.78. The fraction of sp³-hybridized carbons (Fsp3) is 0.524. The van der Waals surface area contributed by atoms with Gasteiger partial charge >= 0.3 is 0 Å². The van der Waals surface area contributed by atoms with Crippen molar-refractivity contribution in [2.75, 3.05) is 32.8 Å². The predicted molar refractivity (Wildman–Crippen MR) is 103 cm³/mol. The Hall–Kier alpha value is -2.34. The van der Waals surface area contributed by atoms with Crippen LogP contribution in [0.3, 0.4) is 0 Å². The maximum absolute atomic E-state index is 13.3. The van der Waals surface area contributed by atoms with Gasteiger partial charge in [-0.05, 0) is 37.8 Å². The van der Waals surface area contributed by atoms with E-state index in [9.17, 15) is 9.59 Å². The Labute approximate surface area is 159 Å². The molecule has 2 bridgehead atoms. The lowest BCUT2D eigenvalue weighted by atomic mass is 9.77. The molecule has 1 aromatic carbocycles. The first-order valence-corrected chi connectivity index (χ1v) is 9.86. The molecular weight excluding hydrogens is 342 g/mol. The molecule has 3 heterocycles. The third-order valence-electron chi connectivity index (χ3n) is 5.82. The molecule has 2 fully saturated rings. The first-order chi connectivity index (χ1) is 13.2. The average molecular weight is 369 g/mol. The summed E-state index contributed by atoms with van der Waals surface area (Å²) in [5.74, 6) is 0.676. The first-order valence-electron chi connectivity index (χ1n) is 9.86. The number of para-hydroxylation sites is 1. The summed E-state index contributed by atoms with van der Waals surface area (Å²) in [6.45, 7) is 3.17. The van der Waals surface area contributed by atoms with Crippen LogP contribution >= 0.6 is 0 Å². The molecule has 2 amide bonds. The number of ether oxygens (including phenoxy) is 1. The molecule has 144 valence electrons. The number of benzene rings is 1. The number of allylic oxidation sites excluding steroid dienone is 1. The van der Waals surface area contributed by atoms with Gasteiger partial charge in [-0.2, -0.15) is 0 Å². The molecule has 0 unspecified atom stereocenters. The van der Waals surface area contributed by atoms with E-state index in [0.717, 1.165) is 32.2 Å². The fourth-order valence-electron chi connectivity index (χ4n) is 4.15. The van der Waals surface area contributed by atoms with Gasteiger partial charge in [0.1, 0.15) is 12.4 Å². The van der Waals surface area contributed by atoms with E-state index < -0.39 is 0 Å². The smallest absolute Gasteiger partial charge is 0.255 e. The summed E-state index contributed by atoms with van der Waals surface area (Å²) in [5, 5.41) is 6.40. The van der Waals surface area contributed by atoms with Crippen LogP contribution in [0.5, 0.6) is 5.75 Å². The monoisotopic (exact) mass is 369 g/mol. The maximum Gasteiger partial charge on any atom is 0.255 e. The number of amides is 2. The van der Waals surface area contributed by atoms with Crippen LogP contribution in [-0.4, -0.2) is 55.5 Å². The molecule has 0 radical (unpaired) electrons. The number of hydrogen-bond acceptors (Lipinski definition) is 4. The van der Waals surface area contributed by atoms with Crippen LogP contribution in [0, 0.1) is 5.41 Å². The summed E-state index contributed by atoms with van der Waals surface area (Å²) in [7, 11) is 0. The van der Waals surface area contributed by atoms with Crippen molar-refractivity contribution < 1.29 is 14.3 Å². The molecule has 0 aliphatic carbocycles. The second-order valence-corrected chi connectivity index (χ2v) is 7.78. The Bertz CT molecular complexity index is 742. The molecule has 0 saturated carbocycles. The van der Waals surface area contributed by atoms with Gasteiger partial charge in [0.2, 0.25) is 5.91 Å². The maximum atomic E-state index is 13.3. The third kappa shape index (κ3) is 3.72. The average Bonchev–Trinajstić information content (AvgIpc) is 2.88. The van der Waals surface area contributed by atoms with Gasteiger partial charge in [-0.25, -0.2) is 0 Å². The van der Waals surface area contributed by atoms with E-state index in [1.165, 1.54) is 0 Å². The van der Waals surface area contributed by atoms with Crippen LogP contribution in [0.4, 0.5) is 0 Å². The van der Waals surface area contributed by atoms with Gasteiger partial charge in [0, 0.05) is 32.2 Å². The van der Waals surface area contributed by atoms with Crippen molar-refractivity contribution in [2.45, 2.75) is 31.7 Å². The van der Waals surface area contributed by atoms with Crippen molar-refractivity contribution in [1.29, 1.82) is 0 Å². The Morgan fingerprint density at radius 2 is 1.96 bits per heavy atom. The molecule has 2 saturated heterocycles. The van der Waals surface area contributed by atoms with Crippen LogP contribution in [-0.2, 0) is 4.79 Å². The lowest BCUT2D eigenvalue weighted by Gasteiger charge is -2.44. The van der Waals surface area contributed by atoms with Crippen molar-refractivity contribution in [3.63, 3.8) is 0 Å². The third-order valence-corrected chi connectivity index (χ3v) is 5.82. The van der Waals surface area contributed by atoms with Gasteiger partial charge in [-0.3, -0.25) is 9.59 Å². The van der Waals surface area contributed by atoms with E-state index in [-0.39, 0.29) is 23.3 Å². The Kier molecular flexibility index (Phi) is 5.16. The second kappa shape index (κ2) is 7.72. The Balaban J connectivity index is 1.63. The summed E-state index contributed by atoms with van der Waals surface area (Å²) in [6.07, 6.45) is 7.60. The van der Waals surface area contributed by atoms with Gasteiger partial charge in [-0.15, -0.1) is 0 Å². The number of nitrogens with one attached hydrogen (secondary N) is 2. The standard InChI is InChI=1S/C21H27N3O3/c25-19-17-8-1-2-9-18(17)27-12-6-4-10-21(14-22-15-21)20(26)24-11-5-3-7-16(13-24)23-19/h1-2,4,6,8-9,16,22H,3,5,7,10-15H2,(H,23,25)/b6-4-/t16-/m0/s1. The van der Waals surface area contributed by atoms with Crippen molar-refractivity contribution in [1.82, 2.24) is 15.5 Å². The molecule has 6 heteroatoms. The minimum absolute atomic E-state index is 0.0272. The van der Waals surface area contributed by atoms with E-state index in [4.69, 9.17) is 4.74 Å². The van der Waals surface area contributed by atoms with E-state index in [1.54, 1.807) is 6.07 Å². The summed E-state index contributed by atoms with van der Waals surface area (Å²) >= 11 is 0. The highest BCUT2D eigenvalue weighted by Crippen LogP contribution is 2.31. The van der Waals surface area contributed by atoms with Gasteiger partial charge in [0.15, 0.2) is 0 Å². The predicted octanol–water partition coefficient (Wildman–Crippen LogP) is 1.73. The minimum atomic E-state index is -0.350. The van der Waals surface area contributed by atoms with Crippen LogP contribution in [0.15, 0.2) is 36.4 Å². The van der Waals surface area contributed by atoms with E-state index in [0.29, 0.717) is 37.6 Å². The molecule has 6 nitrogen and oxygen atoms in total. The topological polar surface area (TPSA) is 70.7 Å². The van der Waals surface area contributed by atoms with Crippen LogP contribution < -0.4 is 15.4 Å². The number of hydrogen-bond donors (Lipinski definition) is 2. The largest absolute Gasteiger partial charge is 0.489 e. The van der Waals surface area contributed by atoms with Crippen LogP contribution in [0.25, 0.3) is 0 Å². The quantitative estimate of drug-likeness (QED) is 0.683. The van der Waals surface area contributed by atoms with Crippen LogP contribution in [0.1, 0.15) is 36.0 Å². The number of fused-ring (bicyclic) bond motifs is 3. The summed E-state index contributed by atoms with van der Waals surface area (Å²) in [6, 6.07) is 7.31. The molecule has 3 aliphatic rings. The van der Waals surface area contributed by atoms with E-state index in [1.807, 2.05) is 35.3 Å². The van der Waals surface area contributed by atoms with Gasteiger partial charge in [0.25, 0.3) is 5.91 Å². The molecule has 3 aliphatic heterocycles. The molecular formula is C21H27N3O3. The Morgan fingerprint density at radius 1 is 1.11 bits per heavy atom. The zero-order valence-electron chi connectivity index (χ0n) is 15.6. The molecule has 1 aromatic rings. The van der Waals surface area contributed by atoms with E-state index in [2.05, 4.69) is 10.6 Å². The minimum Gasteiger partial charge on any atom is -0.489 e. The summed E-state index contributed by atoms with van der Waals surface area (Å²) in [4.78, 5) is 28.1. The highest BCUT2D eigenvalue weighted by molar-refractivity contribution is 5.97. The lowest BCUT2D eigenvalue weighted by molar-refractivity contribution is -0.145. The highest BCUT2D eigenvalue weighted by Gasteiger charge is 2.46. The number of rotatable bonds is 0. The highest BCUT2D eigenvalue weighted by atomic mass is 16.5. The molecule has 27 heavy (non-hydrogen) atoms. The normalized spacial score (nSPS) is 26.7. The molecule has 2 N–H and O–H groups in total. The SMILES string of the molecule is O=C1N[C@H]2CCCCN(C2)C(=O)C2(C/C=C\COc3ccccc31)CNC2. The van der Waals surface area contributed by atoms with Crippen molar-refractivity contribution in [3.05, 3.63) is 42.0 Å². The molecule has 4 rings (SSSR count). The van der Waals surface area contributed by atoms with E-state index >= 15 is 0 Å². The number of carbonyl (C=O) groups is 2. The fourth-order valence-corrected chi connectivity index (χ4v) is 4.15. The van der Waals surface area contributed by atoms with Crippen LogP contribution in [0.2, 0.25) is 0 Å². The molecule has 1 spiro atoms. The van der Waals surface area contributed by atoms with Gasteiger partial charge < -0.3 is 20.3 Å². The zero-order chi connectivity index (χ0) is 18.7. The van der Waals surface area contributed by atoms with Crippen molar-refractivity contribution in [3.8, 4) is 5.75 Å². The lowest BCUT2D eigenvalue weighted by Crippen LogP contribution is -2.62. The summed E-state index contributed by atoms with van der Waals surface area (Å²) in [5.41, 5.74) is 0.196.